The number of benzene rings is 1. The molecule has 2 rings (SSSR count). The van der Waals surface area contributed by atoms with Crippen LogP contribution in [0.4, 0.5) is 10.1 Å². The molecule has 0 aliphatic carbocycles. The van der Waals surface area contributed by atoms with Crippen LogP contribution >= 0.6 is 11.6 Å². The summed E-state index contributed by atoms with van der Waals surface area (Å²) in [7, 11) is 0. The smallest absolute Gasteiger partial charge is 0.229 e. The van der Waals surface area contributed by atoms with Gasteiger partial charge in [-0.25, -0.2) is 4.39 Å². The van der Waals surface area contributed by atoms with Crippen molar-refractivity contribution in [2.75, 3.05) is 11.9 Å². The summed E-state index contributed by atoms with van der Waals surface area (Å²) in [5.74, 6) is -1.12. The Morgan fingerprint density at radius 1 is 1.45 bits per heavy atom. The summed E-state index contributed by atoms with van der Waals surface area (Å²) in [5, 5.41) is 2.66. The van der Waals surface area contributed by atoms with Crippen molar-refractivity contribution in [3.8, 4) is 0 Å². The summed E-state index contributed by atoms with van der Waals surface area (Å²) in [6.45, 7) is 4.51. The number of halogens is 2. The highest BCUT2D eigenvalue weighted by Gasteiger charge is 2.36. The molecule has 1 aromatic carbocycles. The first kappa shape index (κ1) is 16.7. The van der Waals surface area contributed by atoms with E-state index in [0.29, 0.717) is 12.2 Å². The third kappa shape index (κ3) is 3.58. The quantitative estimate of drug-likeness (QED) is 0.901. The Balaban J connectivity index is 2.02. The zero-order valence-electron chi connectivity index (χ0n) is 12.7. The number of nitrogens with one attached hydrogen (secondary N) is 1. The van der Waals surface area contributed by atoms with E-state index >= 15 is 0 Å². The Labute approximate surface area is 134 Å². The molecule has 1 aliphatic heterocycles. The van der Waals surface area contributed by atoms with Crippen LogP contribution in [0.25, 0.3) is 0 Å². The van der Waals surface area contributed by atoms with E-state index in [1.165, 1.54) is 18.2 Å². The molecule has 1 aliphatic rings. The van der Waals surface area contributed by atoms with Crippen LogP contribution in [-0.4, -0.2) is 29.3 Å². The first-order valence-corrected chi connectivity index (χ1v) is 7.89. The van der Waals surface area contributed by atoms with Crippen molar-refractivity contribution in [2.45, 2.75) is 39.2 Å². The minimum atomic E-state index is -0.532. The van der Waals surface area contributed by atoms with Gasteiger partial charge in [0.2, 0.25) is 11.8 Å². The van der Waals surface area contributed by atoms with Gasteiger partial charge in [-0.3, -0.25) is 9.59 Å². The van der Waals surface area contributed by atoms with E-state index in [4.69, 9.17) is 11.6 Å². The van der Waals surface area contributed by atoms with Gasteiger partial charge in [-0.05, 0) is 31.0 Å². The number of anilines is 1. The predicted octanol–water partition coefficient (Wildman–Crippen LogP) is 3.45. The van der Waals surface area contributed by atoms with E-state index < -0.39 is 5.82 Å². The molecule has 1 N–H and O–H groups in total. The minimum Gasteiger partial charge on any atom is -0.339 e. The first-order valence-electron chi connectivity index (χ1n) is 7.51. The lowest BCUT2D eigenvalue weighted by atomic mass is 10.1. The maximum atomic E-state index is 13.1. The first-order chi connectivity index (χ1) is 10.5. The van der Waals surface area contributed by atoms with Crippen LogP contribution in [0.3, 0.4) is 0 Å². The summed E-state index contributed by atoms with van der Waals surface area (Å²) in [5.41, 5.74) is 0.435. The molecular weight excluding hydrogens is 307 g/mol. The van der Waals surface area contributed by atoms with Crippen molar-refractivity contribution in [3.63, 3.8) is 0 Å². The molecule has 2 amide bonds. The van der Waals surface area contributed by atoms with Gasteiger partial charge in [0.05, 0.1) is 10.9 Å². The zero-order chi connectivity index (χ0) is 16.3. The summed E-state index contributed by atoms with van der Waals surface area (Å²) < 4.78 is 13.1. The minimum absolute atomic E-state index is 0.0194. The number of likely N-dealkylation sites (tertiary alicyclic amines) is 1. The lowest BCUT2D eigenvalue weighted by molar-refractivity contribution is -0.130. The molecule has 0 spiro atoms. The Kier molecular flexibility index (Phi) is 5.40. The van der Waals surface area contributed by atoms with Crippen molar-refractivity contribution in [3.05, 3.63) is 29.0 Å². The largest absolute Gasteiger partial charge is 0.339 e. The fourth-order valence-electron chi connectivity index (χ4n) is 2.81. The number of rotatable bonds is 5. The summed E-state index contributed by atoms with van der Waals surface area (Å²) >= 11 is 5.69. The SMILES string of the molecule is CCC(CC)N1CC(C(=O)Nc2ccc(F)c(Cl)c2)CC1=O. The molecule has 0 saturated carbocycles. The number of hydrogen-bond donors (Lipinski definition) is 1. The summed E-state index contributed by atoms with van der Waals surface area (Å²) in [4.78, 5) is 26.1. The number of hydrogen-bond acceptors (Lipinski definition) is 2. The highest BCUT2D eigenvalue weighted by atomic mass is 35.5. The highest BCUT2D eigenvalue weighted by Crippen LogP contribution is 2.25. The van der Waals surface area contributed by atoms with E-state index in [-0.39, 0.29) is 35.2 Å². The molecule has 1 unspecified atom stereocenters. The van der Waals surface area contributed by atoms with E-state index in [1.807, 2.05) is 13.8 Å². The molecule has 1 atom stereocenters. The van der Waals surface area contributed by atoms with Crippen molar-refractivity contribution in [1.29, 1.82) is 0 Å². The van der Waals surface area contributed by atoms with E-state index in [1.54, 1.807) is 4.90 Å². The third-order valence-electron chi connectivity index (χ3n) is 4.10. The van der Waals surface area contributed by atoms with Gasteiger partial charge < -0.3 is 10.2 Å². The van der Waals surface area contributed by atoms with Gasteiger partial charge in [0.15, 0.2) is 0 Å². The fraction of sp³-hybridized carbons (Fsp3) is 0.500. The molecule has 1 fully saturated rings. The molecule has 0 radical (unpaired) electrons. The maximum Gasteiger partial charge on any atom is 0.229 e. The lowest BCUT2D eigenvalue weighted by Crippen LogP contribution is -2.36. The topological polar surface area (TPSA) is 49.4 Å². The van der Waals surface area contributed by atoms with Gasteiger partial charge >= 0.3 is 0 Å². The van der Waals surface area contributed by atoms with Crippen LogP contribution in [0.15, 0.2) is 18.2 Å². The van der Waals surface area contributed by atoms with Gasteiger partial charge in [-0.15, -0.1) is 0 Å². The molecule has 0 aromatic heterocycles. The molecule has 1 aromatic rings. The molecule has 22 heavy (non-hydrogen) atoms. The number of nitrogens with zero attached hydrogens (tertiary/aromatic N) is 1. The van der Waals surface area contributed by atoms with Crippen molar-refractivity contribution in [2.24, 2.45) is 5.92 Å². The van der Waals surface area contributed by atoms with Crippen LogP contribution in [0, 0.1) is 11.7 Å². The maximum absolute atomic E-state index is 13.1. The van der Waals surface area contributed by atoms with Gasteiger partial charge in [-0.1, -0.05) is 25.4 Å². The average Bonchev–Trinajstić information content (AvgIpc) is 2.87. The standard InChI is InChI=1S/C16H20ClFN2O2/c1-3-12(4-2)20-9-10(7-15(20)21)16(22)19-11-5-6-14(18)13(17)8-11/h5-6,8,10,12H,3-4,7,9H2,1-2H3,(H,19,22). The number of amides is 2. The molecule has 1 heterocycles. The number of carbonyl (C=O) groups excluding carboxylic acids is 2. The van der Waals surface area contributed by atoms with Crippen LogP contribution in [0.1, 0.15) is 33.1 Å². The normalized spacial score (nSPS) is 18.1. The van der Waals surface area contributed by atoms with Crippen LogP contribution in [-0.2, 0) is 9.59 Å². The molecule has 120 valence electrons. The van der Waals surface area contributed by atoms with E-state index in [2.05, 4.69) is 5.32 Å². The van der Waals surface area contributed by atoms with Gasteiger partial charge in [0.25, 0.3) is 0 Å². The molecule has 1 saturated heterocycles. The Hall–Kier alpha value is -1.62. The monoisotopic (exact) mass is 326 g/mol. The van der Waals surface area contributed by atoms with Crippen LogP contribution in [0.2, 0.25) is 5.02 Å². The summed E-state index contributed by atoms with van der Waals surface area (Å²) in [6, 6.07) is 4.21. The molecule has 0 bridgehead atoms. The summed E-state index contributed by atoms with van der Waals surface area (Å²) in [6.07, 6.45) is 1.98. The second-order valence-electron chi connectivity index (χ2n) is 5.54. The van der Waals surface area contributed by atoms with Gasteiger partial charge in [-0.2, -0.15) is 0 Å². The molecular formula is C16H20ClFN2O2. The second kappa shape index (κ2) is 7.09. The zero-order valence-corrected chi connectivity index (χ0v) is 13.5. The van der Waals surface area contributed by atoms with Gasteiger partial charge in [0, 0.05) is 24.7 Å². The fourth-order valence-corrected chi connectivity index (χ4v) is 2.99. The Morgan fingerprint density at radius 2 is 2.14 bits per heavy atom. The lowest BCUT2D eigenvalue weighted by Gasteiger charge is -2.26. The van der Waals surface area contributed by atoms with Crippen molar-refractivity contribution >= 4 is 29.1 Å². The van der Waals surface area contributed by atoms with Crippen LogP contribution < -0.4 is 5.32 Å². The van der Waals surface area contributed by atoms with E-state index in [0.717, 1.165) is 12.8 Å². The Bertz CT molecular complexity index is 575. The van der Waals surface area contributed by atoms with E-state index in [9.17, 15) is 14.0 Å². The highest BCUT2D eigenvalue weighted by molar-refractivity contribution is 6.31. The average molecular weight is 327 g/mol. The molecule has 6 heteroatoms. The third-order valence-corrected chi connectivity index (χ3v) is 4.39. The van der Waals surface area contributed by atoms with Crippen LogP contribution in [0.5, 0.6) is 0 Å². The van der Waals surface area contributed by atoms with Crippen molar-refractivity contribution < 1.29 is 14.0 Å². The number of carbonyl (C=O) groups is 2. The van der Waals surface area contributed by atoms with Gasteiger partial charge in [0.1, 0.15) is 5.82 Å². The second-order valence-corrected chi connectivity index (χ2v) is 5.94. The van der Waals surface area contributed by atoms with Crippen molar-refractivity contribution in [1.82, 2.24) is 4.90 Å². The predicted molar refractivity (Wildman–Crippen MR) is 84.2 cm³/mol. The molecule has 4 nitrogen and oxygen atoms in total. The Morgan fingerprint density at radius 3 is 2.73 bits per heavy atom.